The highest BCUT2D eigenvalue weighted by atomic mass is 16.2. The van der Waals surface area contributed by atoms with E-state index in [1.165, 1.54) is 0 Å². The Bertz CT molecular complexity index is 345. The van der Waals surface area contributed by atoms with Crippen LogP contribution in [0.5, 0.6) is 0 Å². The Morgan fingerprint density at radius 2 is 2.17 bits per heavy atom. The summed E-state index contributed by atoms with van der Waals surface area (Å²) in [5.41, 5.74) is -0.223. The highest BCUT2D eigenvalue weighted by Gasteiger charge is 2.42. The van der Waals surface area contributed by atoms with Crippen molar-refractivity contribution >= 4 is 11.9 Å². The van der Waals surface area contributed by atoms with Crippen LogP contribution in [0.2, 0.25) is 0 Å². The molecule has 0 aromatic carbocycles. The molecule has 1 aliphatic carbocycles. The van der Waals surface area contributed by atoms with Crippen LogP contribution in [0.25, 0.3) is 0 Å². The van der Waals surface area contributed by atoms with Gasteiger partial charge in [0.05, 0.1) is 12.0 Å². The van der Waals surface area contributed by atoms with Crippen molar-refractivity contribution in [2.75, 3.05) is 27.2 Å². The second-order valence-electron chi connectivity index (χ2n) is 5.78. The molecule has 2 rings (SSSR count). The van der Waals surface area contributed by atoms with Gasteiger partial charge in [0.25, 0.3) is 0 Å². The van der Waals surface area contributed by atoms with Crippen LogP contribution in [-0.4, -0.2) is 50.0 Å². The Morgan fingerprint density at radius 1 is 1.50 bits per heavy atom. The molecule has 0 aromatic heterocycles. The van der Waals surface area contributed by atoms with Gasteiger partial charge < -0.3 is 15.5 Å². The molecule has 1 saturated carbocycles. The number of hydrogen-bond donors (Lipinski definition) is 2. The lowest BCUT2D eigenvalue weighted by Crippen LogP contribution is -2.49. The fourth-order valence-corrected chi connectivity index (χ4v) is 2.91. The molecule has 1 atom stereocenters. The number of nitrogens with zero attached hydrogens (tertiary/aromatic N) is 2. The zero-order valence-corrected chi connectivity index (χ0v) is 11.6. The first-order valence-corrected chi connectivity index (χ1v) is 6.80. The molecule has 1 fully saturated rings. The summed E-state index contributed by atoms with van der Waals surface area (Å²) in [7, 11) is 3.69. The minimum Gasteiger partial charge on any atom is -0.355 e. The van der Waals surface area contributed by atoms with Gasteiger partial charge in [-0.1, -0.05) is 12.8 Å². The Labute approximate surface area is 109 Å². The molecule has 5 heteroatoms. The molecule has 1 unspecified atom stereocenters. The smallest absolute Gasteiger partial charge is 0.230 e. The molecule has 0 saturated heterocycles. The number of aliphatic imine (C=N–C) groups is 1. The van der Waals surface area contributed by atoms with E-state index in [9.17, 15) is 4.79 Å². The van der Waals surface area contributed by atoms with Crippen molar-refractivity contribution in [3.8, 4) is 0 Å². The van der Waals surface area contributed by atoms with Crippen LogP contribution in [0.3, 0.4) is 0 Å². The van der Waals surface area contributed by atoms with Crippen molar-refractivity contribution in [1.29, 1.82) is 0 Å². The second-order valence-corrected chi connectivity index (χ2v) is 5.78. The van der Waals surface area contributed by atoms with E-state index in [0.717, 1.165) is 38.2 Å². The lowest BCUT2D eigenvalue weighted by atomic mass is 9.84. The molecule has 18 heavy (non-hydrogen) atoms. The molecule has 102 valence electrons. The Hall–Kier alpha value is -1.26. The van der Waals surface area contributed by atoms with E-state index in [0.29, 0.717) is 12.6 Å². The minimum atomic E-state index is -0.223. The quantitative estimate of drug-likeness (QED) is 0.772. The van der Waals surface area contributed by atoms with Crippen LogP contribution in [0.4, 0.5) is 0 Å². The van der Waals surface area contributed by atoms with Crippen LogP contribution >= 0.6 is 0 Å². The molecule has 2 aliphatic rings. The number of carbonyl (C=O) groups is 1. The Kier molecular flexibility index (Phi) is 3.78. The van der Waals surface area contributed by atoms with Crippen molar-refractivity contribution < 1.29 is 4.79 Å². The highest BCUT2D eigenvalue weighted by Crippen LogP contribution is 2.38. The maximum absolute atomic E-state index is 12.4. The van der Waals surface area contributed by atoms with E-state index >= 15 is 0 Å². The van der Waals surface area contributed by atoms with Gasteiger partial charge in [-0.05, 0) is 19.8 Å². The van der Waals surface area contributed by atoms with Gasteiger partial charge in [0.15, 0.2) is 5.96 Å². The molecule has 2 N–H and O–H groups in total. The molecule has 0 aromatic rings. The molecular weight excluding hydrogens is 228 g/mol. The Balaban J connectivity index is 1.97. The van der Waals surface area contributed by atoms with E-state index < -0.39 is 0 Å². The molecule has 1 heterocycles. The monoisotopic (exact) mass is 252 g/mol. The first kappa shape index (κ1) is 13.2. The largest absolute Gasteiger partial charge is 0.355 e. The maximum Gasteiger partial charge on any atom is 0.230 e. The molecular formula is C13H24N4O. The third-order valence-corrected chi connectivity index (χ3v) is 3.92. The third-order valence-electron chi connectivity index (χ3n) is 3.92. The van der Waals surface area contributed by atoms with Gasteiger partial charge in [-0.25, -0.2) is 0 Å². The van der Waals surface area contributed by atoms with Gasteiger partial charge in [0.1, 0.15) is 0 Å². The summed E-state index contributed by atoms with van der Waals surface area (Å²) in [6, 6.07) is 0.400. The summed E-state index contributed by atoms with van der Waals surface area (Å²) in [5, 5.41) is 6.60. The van der Waals surface area contributed by atoms with Gasteiger partial charge in [0.2, 0.25) is 5.91 Å². The van der Waals surface area contributed by atoms with Crippen LogP contribution in [0.15, 0.2) is 4.99 Å². The van der Waals surface area contributed by atoms with Gasteiger partial charge in [-0.2, -0.15) is 0 Å². The molecule has 0 radical (unpaired) electrons. The lowest BCUT2D eigenvalue weighted by molar-refractivity contribution is -0.138. The van der Waals surface area contributed by atoms with Crippen molar-refractivity contribution in [3.63, 3.8) is 0 Å². The van der Waals surface area contributed by atoms with E-state index in [1.807, 2.05) is 14.1 Å². The SMILES string of the molecule is CC1CN=C(NCC2(C(=O)N(C)C)CCCC2)N1. The first-order valence-electron chi connectivity index (χ1n) is 6.80. The summed E-state index contributed by atoms with van der Waals surface area (Å²) in [5.74, 6) is 1.10. The summed E-state index contributed by atoms with van der Waals surface area (Å²) in [4.78, 5) is 18.5. The molecule has 5 nitrogen and oxygen atoms in total. The maximum atomic E-state index is 12.4. The topological polar surface area (TPSA) is 56.7 Å². The fourth-order valence-electron chi connectivity index (χ4n) is 2.91. The normalized spacial score (nSPS) is 25.5. The number of nitrogens with one attached hydrogen (secondary N) is 2. The van der Waals surface area contributed by atoms with Crippen molar-refractivity contribution in [1.82, 2.24) is 15.5 Å². The third kappa shape index (κ3) is 2.60. The number of guanidine groups is 1. The minimum absolute atomic E-state index is 0.223. The number of amides is 1. The number of hydrogen-bond acceptors (Lipinski definition) is 4. The summed E-state index contributed by atoms with van der Waals surface area (Å²) < 4.78 is 0. The summed E-state index contributed by atoms with van der Waals surface area (Å²) in [6.45, 7) is 3.62. The zero-order valence-electron chi connectivity index (χ0n) is 11.6. The summed E-state index contributed by atoms with van der Waals surface area (Å²) in [6.07, 6.45) is 4.27. The predicted octanol–water partition coefficient (Wildman–Crippen LogP) is 0.572. The highest BCUT2D eigenvalue weighted by molar-refractivity contribution is 5.85. The van der Waals surface area contributed by atoms with Gasteiger partial charge in [-0.15, -0.1) is 0 Å². The molecule has 1 aliphatic heterocycles. The van der Waals surface area contributed by atoms with E-state index in [-0.39, 0.29) is 11.3 Å². The average Bonchev–Trinajstić information content (AvgIpc) is 2.95. The van der Waals surface area contributed by atoms with Crippen molar-refractivity contribution in [2.24, 2.45) is 10.4 Å². The second kappa shape index (κ2) is 5.16. The van der Waals surface area contributed by atoms with E-state index in [4.69, 9.17) is 0 Å². The lowest BCUT2D eigenvalue weighted by Gasteiger charge is -2.31. The molecule has 0 spiro atoms. The average molecular weight is 252 g/mol. The molecule has 1 amide bonds. The standard InChI is InChI=1S/C13H24N4O/c1-10-8-14-12(16-10)15-9-13(6-4-5-7-13)11(18)17(2)3/h10H,4-9H2,1-3H3,(H2,14,15,16). The van der Waals surface area contributed by atoms with E-state index in [1.54, 1.807) is 4.90 Å². The van der Waals surface area contributed by atoms with Crippen LogP contribution in [0.1, 0.15) is 32.6 Å². The van der Waals surface area contributed by atoms with Crippen LogP contribution in [-0.2, 0) is 4.79 Å². The number of rotatable bonds is 3. The first-order chi connectivity index (χ1) is 8.53. The summed E-state index contributed by atoms with van der Waals surface area (Å²) >= 11 is 0. The Morgan fingerprint density at radius 3 is 2.67 bits per heavy atom. The molecule has 0 bridgehead atoms. The zero-order chi connectivity index (χ0) is 13.2. The number of carbonyl (C=O) groups excluding carboxylic acids is 1. The fraction of sp³-hybridized carbons (Fsp3) is 0.846. The van der Waals surface area contributed by atoms with Crippen molar-refractivity contribution in [2.45, 2.75) is 38.6 Å². The van der Waals surface area contributed by atoms with Crippen LogP contribution in [0, 0.1) is 5.41 Å². The van der Waals surface area contributed by atoms with Crippen LogP contribution < -0.4 is 10.6 Å². The van der Waals surface area contributed by atoms with Crippen molar-refractivity contribution in [3.05, 3.63) is 0 Å². The van der Waals surface area contributed by atoms with Gasteiger partial charge in [0, 0.05) is 26.7 Å². The van der Waals surface area contributed by atoms with Gasteiger partial charge >= 0.3 is 0 Å². The van der Waals surface area contributed by atoms with Gasteiger partial charge in [-0.3, -0.25) is 9.79 Å². The van der Waals surface area contributed by atoms with E-state index in [2.05, 4.69) is 22.5 Å². The predicted molar refractivity (Wildman–Crippen MR) is 72.5 cm³/mol.